The Bertz CT molecular complexity index is 415. The molecule has 0 saturated heterocycles. The van der Waals surface area contributed by atoms with Gasteiger partial charge in [-0.1, -0.05) is 15.9 Å². The van der Waals surface area contributed by atoms with Gasteiger partial charge in [-0.05, 0) is 0 Å². The topological polar surface area (TPSA) is 65.3 Å². The van der Waals surface area contributed by atoms with E-state index in [2.05, 4.69) is 20.9 Å². The summed E-state index contributed by atoms with van der Waals surface area (Å²) in [5.41, 5.74) is -1.46. The molecule has 16 heavy (non-hydrogen) atoms. The molecular formula is C8H7BrF2N2O3. The first-order chi connectivity index (χ1) is 7.51. The maximum Gasteiger partial charge on any atom is 0.285 e. The molecule has 0 saturated carbocycles. The number of hydrogen-bond donors (Lipinski definition) is 0. The van der Waals surface area contributed by atoms with E-state index in [0.29, 0.717) is 0 Å². The van der Waals surface area contributed by atoms with Crippen LogP contribution in [0.4, 0.5) is 14.5 Å². The van der Waals surface area contributed by atoms with Crippen LogP contribution in [-0.4, -0.2) is 17.0 Å². The first kappa shape index (κ1) is 12.8. The number of methoxy groups -OCH3 is 1. The normalized spacial score (nSPS) is 10.6. The molecule has 0 radical (unpaired) electrons. The number of nitrogens with zero attached hydrogens (tertiary/aromatic N) is 2. The summed E-state index contributed by atoms with van der Waals surface area (Å²) < 4.78 is 30.0. The molecule has 1 heterocycles. The van der Waals surface area contributed by atoms with E-state index in [1.165, 1.54) is 7.11 Å². The first-order valence-corrected chi connectivity index (χ1v) is 5.19. The van der Waals surface area contributed by atoms with Crippen LogP contribution in [0.2, 0.25) is 0 Å². The van der Waals surface area contributed by atoms with Crippen LogP contribution in [-0.2, 0) is 5.33 Å². The van der Waals surface area contributed by atoms with E-state index in [0.717, 1.165) is 6.07 Å². The summed E-state index contributed by atoms with van der Waals surface area (Å²) in [7, 11) is 1.26. The van der Waals surface area contributed by atoms with Gasteiger partial charge in [0.05, 0.1) is 23.8 Å². The van der Waals surface area contributed by atoms with E-state index in [4.69, 9.17) is 4.74 Å². The minimum Gasteiger partial charge on any atom is -0.481 e. The fourth-order valence-electron chi connectivity index (χ4n) is 1.16. The molecule has 0 aliphatic carbocycles. The quantitative estimate of drug-likeness (QED) is 0.487. The van der Waals surface area contributed by atoms with Crippen LogP contribution in [0.25, 0.3) is 0 Å². The number of rotatable bonds is 4. The molecular weight excluding hydrogens is 290 g/mol. The highest BCUT2D eigenvalue weighted by Crippen LogP contribution is 2.34. The number of ether oxygens (including phenoxy) is 1. The van der Waals surface area contributed by atoms with E-state index in [9.17, 15) is 18.9 Å². The highest BCUT2D eigenvalue weighted by atomic mass is 79.9. The third kappa shape index (κ3) is 2.43. The van der Waals surface area contributed by atoms with Gasteiger partial charge in [0.2, 0.25) is 5.88 Å². The molecule has 88 valence electrons. The number of pyridine rings is 1. The van der Waals surface area contributed by atoms with Gasteiger partial charge in [-0.25, -0.2) is 13.8 Å². The lowest BCUT2D eigenvalue weighted by Gasteiger charge is -2.08. The molecule has 8 heteroatoms. The largest absolute Gasteiger partial charge is 0.481 e. The Kier molecular flexibility index (Phi) is 4.11. The Morgan fingerprint density at radius 2 is 2.31 bits per heavy atom. The molecule has 5 nitrogen and oxygen atoms in total. The monoisotopic (exact) mass is 296 g/mol. The lowest BCUT2D eigenvalue weighted by atomic mass is 10.1. The van der Waals surface area contributed by atoms with Crippen LogP contribution < -0.4 is 4.74 Å². The number of alkyl halides is 3. The molecule has 0 spiro atoms. The van der Waals surface area contributed by atoms with E-state index in [1.54, 1.807) is 0 Å². The summed E-state index contributed by atoms with van der Waals surface area (Å²) in [6.07, 6.45) is -2.95. The smallest absolute Gasteiger partial charge is 0.285 e. The van der Waals surface area contributed by atoms with Gasteiger partial charge in [-0.3, -0.25) is 10.1 Å². The fourth-order valence-corrected chi connectivity index (χ4v) is 1.59. The molecule has 1 aromatic heterocycles. The predicted molar refractivity (Wildman–Crippen MR) is 55.0 cm³/mol. The summed E-state index contributed by atoms with van der Waals surface area (Å²) in [4.78, 5) is 13.5. The van der Waals surface area contributed by atoms with Gasteiger partial charge in [0.1, 0.15) is 5.56 Å². The fraction of sp³-hybridized carbons (Fsp3) is 0.375. The van der Waals surface area contributed by atoms with Crippen molar-refractivity contribution in [3.63, 3.8) is 0 Å². The zero-order valence-corrected chi connectivity index (χ0v) is 9.70. The van der Waals surface area contributed by atoms with Gasteiger partial charge < -0.3 is 4.74 Å². The molecule has 1 aromatic rings. The van der Waals surface area contributed by atoms with Crippen LogP contribution in [0.15, 0.2) is 6.07 Å². The standard InChI is InChI=1S/C8H7BrF2N2O3/c1-16-6-2-5(13(14)15)7(8(10)11)4(3-9)12-6/h2,8H,3H2,1H3. The minimum absolute atomic E-state index is 0.00921. The van der Waals surface area contributed by atoms with Crippen LogP contribution in [0, 0.1) is 10.1 Å². The maximum atomic E-state index is 12.7. The van der Waals surface area contributed by atoms with Crippen molar-refractivity contribution < 1.29 is 18.4 Å². The lowest BCUT2D eigenvalue weighted by Crippen LogP contribution is -2.04. The van der Waals surface area contributed by atoms with Crippen molar-refractivity contribution in [3.8, 4) is 5.88 Å². The van der Waals surface area contributed by atoms with Gasteiger partial charge in [0.15, 0.2) is 0 Å². The van der Waals surface area contributed by atoms with Crippen molar-refractivity contribution in [1.82, 2.24) is 4.98 Å². The molecule has 0 unspecified atom stereocenters. The summed E-state index contributed by atoms with van der Waals surface area (Å²) in [5, 5.41) is 10.6. The minimum atomic E-state index is -2.95. The molecule has 0 atom stereocenters. The van der Waals surface area contributed by atoms with Crippen LogP contribution in [0.5, 0.6) is 5.88 Å². The number of hydrogen-bond acceptors (Lipinski definition) is 4. The third-order valence-electron chi connectivity index (χ3n) is 1.84. The van der Waals surface area contributed by atoms with Gasteiger partial charge in [0.25, 0.3) is 12.1 Å². The average Bonchev–Trinajstić information content (AvgIpc) is 2.26. The third-order valence-corrected chi connectivity index (χ3v) is 2.37. The van der Waals surface area contributed by atoms with Crippen molar-refractivity contribution in [2.45, 2.75) is 11.8 Å². The van der Waals surface area contributed by atoms with E-state index >= 15 is 0 Å². The van der Waals surface area contributed by atoms with Crippen LogP contribution >= 0.6 is 15.9 Å². The zero-order valence-electron chi connectivity index (χ0n) is 8.11. The number of aromatic nitrogens is 1. The molecule has 0 aliphatic heterocycles. The molecule has 0 aromatic carbocycles. The summed E-state index contributed by atoms with van der Waals surface area (Å²) >= 11 is 2.95. The van der Waals surface area contributed by atoms with Crippen LogP contribution in [0.3, 0.4) is 0 Å². The van der Waals surface area contributed by atoms with Gasteiger partial charge >= 0.3 is 0 Å². The Balaban J connectivity index is 3.47. The Morgan fingerprint density at radius 1 is 1.69 bits per heavy atom. The number of nitro groups is 1. The second kappa shape index (κ2) is 5.15. The lowest BCUT2D eigenvalue weighted by molar-refractivity contribution is -0.386. The van der Waals surface area contributed by atoms with Crippen molar-refractivity contribution in [1.29, 1.82) is 0 Å². The summed E-state index contributed by atoms with van der Waals surface area (Å²) in [5.74, 6) is -0.0643. The SMILES string of the molecule is COc1cc([N+](=O)[O-])c(C(F)F)c(CBr)n1. The number of halogens is 3. The Labute approximate surface area is 97.7 Å². The van der Waals surface area contributed by atoms with Crippen molar-refractivity contribution in [3.05, 3.63) is 27.4 Å². The molecule has 0 amide bonds. The van der Waals surface area contributed by atoms with Crippen molar-refractivity contribution in [2.24, 2.45) is 0 Å². The van der Waals surface area contributed by atoms with Crippen molar-refractivity contribution in [2.75, 3.05) is 7.11 Å². The zero-order chi connectivity index (χ0) is 12.3. The Hall–Kier alpha value is -1.31. The molecule has 1 rings (SSSR count). The van der Waals surface area contributed by atoms with E-state index in [-0.39, 0.29) is 16.9 Å². The molecule has 0 N–H and O–H groups in total. The van der Waals surface area contributed by atoms with Crippen LogP contribution in [0.1, 0.15) is 17.7 Å². The highest BCUT2D eigenvalue weighted by molar-refractivity contribution is 9.08. The highest BCUT2D eigenvalue weighted by Gasteiger charge is 2.27. The first-order valence-electron chi connectivity index (χ1n) is 4.07. The van der Waals surface area contributed by atoms with E-state index in [1.807, 2.05) is 0 Å². The molecule has 0 bridgehead atoms. The summed E-state index contributed by atoms with van der Waals surface area (Å²) in [6, 6.07) is 0.883. The van der Waals surface area contributed by atoms with Crippen molar-refractivity contribution >= 4 is 21.6 Å². The second-order valence-corrected chi connectivity index (χ2v) is 3.30. The summed E-state index contributed by atoms with van der Waals surface area (Å²) in [6.45, 7) is 0. The Morgan fingerprint density at radius 3 is 2.69 bits per heavy atom. The average molecular weight is 297 g/mol. The second-order valence-electron chi connectivity index (χ2n) is 2.74. The predicted octanol–water partition coefficient (Wildman–Crippen LogP) is 2.83. The maximum absolute atomic E-state index is 12.7. The molecule has 0 fully saturated rings. The van der Waals surface area contributed by atoms with E-state index < -0.39 is 22.6 Å². The van der Waals surface area contributed by atoms with Gasteiger partial charge in [-0.15, -0.1) is 0 Å². The van der Waals surface area contributed by atoms with Gasteiger partial charge in [0, 0.05) is 5.33 Å². The molecule has 0 aliphatic rings. The van der Waals surface area contributed by atoms with Gasteiger partial charge in [-0.2, -0.15) is 0 Å².